The number of non-ortho nitro benzene ring substituents is 1. The fraction of sp³-hybridized carbons (Fsp3) is 0.200. The quantitative estimate of drug-likeness (QED) is 0.267. The van der Waals surface area contributed by atoms with E-state index in [4.69, 9.17) is 4.84 Å². The molecule has 5 rings (SSSR count). The van der Waals surface area contributed by atoms with Gasteiger partial charge in [0, 0.05) is 16.6 Å². The molecular formula is C25H20BrN3O5. The van der Waals surface area contributed by atoms with E-state index in [2.05, 4.69) is 22.9 Å². The Hall–Kier alpha value is -3.56. The molecule has 0 aromatic heterocycles. The molecule has 34 heavy (non-hydrogen) atoms. The van der Waals surface area contributed by atoms with Crippen LogP contribution in [0.3, 0.4) is 0 Å². The van der Waals surface area contributed by atoms with Crippen LogP contribution in [-0.4, -0.2) is 22.8 Å². The molecule has 2 saturated heterocycles. The monoisotopic (exact) mass is 521 g/mol. The van der Waals surface area contributed by atoms with E-state index < -0.39 is 28.9 Å². The van der Waals surface area contributed by atoms with Crippen molar-refractivity contribution in [3.8, 4) is 0 Å². The largest absolute Gasteiger partial charge is 0.273 e. The maximum absolute atomic E-state index is 13.6. The van der Waals surface area contributed by atoms with Gasteiger partial charge in [-0.15, -0.1) is 0 Å². The molecule has 2 aliphatic heterocycles. The standard InChI is InChI=1S/C25H20BrN3O5/c1-2-15-3-5-16(6-4-15)22-21-23(34-28(22)19-11-13-20(14-12-19)29(32)33)25(31)27(24(21)30)18-9-7-17(26)8-10-18/h3-14,21-23H,2H2,1H3. The third-order valence-electron chi connectivity index (χ3n) is 6.24. The van der Waals surface area contributed by atoms with Crippen molar-refractivity contribution in [2.24, 2.45) is 5.92 Å². The zero-order valence-electron chi connectivity index (χ0n) is 18.1. The van der Waals surface area contributed by atoms with Gasteiger partial charge in [0.05, 0.1) is 22.3 Å². The first kappa shape index (κ1) is 22.2. The van der Waals surface area contributed by atoms with E-state index in [1.807, 2.05) is 24.3 Å². The minimum Gasteiger partial charge on any atom is -0.273 e. The average Bonchev–Trinajstić information content (AvgIpc) is 3.36. The summed E-state index contributed by atoms with van der Waals surface area (Å²) in [6.07, 6.45) is -0.129. The number of amides is 2. The fourth-order valence-electron chi connectivity index (χ4n) is 4.49. The first-order valence-electron chi connectivity index (χ1n) is 10.8. The lowest BCUT2D eigenvalue weighted by Crippen LogP contribution is -2.37. The van der Waals surface area contributed by atoms with Crippen LogP contribution in [0.15, 0.2) is 77.3 Å². The Morgan fingerprint density at radius 1 is 0.912 bits per heavy atom. The van der Waals surface area contributed by atoms with Crippen molar-refractivity contribution < 1.29 is 19.3 Å². The van der Waals surface area contributed by atoms with E-state index in [1.165, 1.54) is 22.1 Å². The zero-order chi connectivity index (χ0) is 24.0. The number of benzene rings is 3. The highest BCUT2D eigenvalue weighted by atomic mass is 79.9. The van der Waals surface area contributed by atoms with E-state index >= 15 is 0 Å². The summed E-state index contributed by atoms with van der Waals surface area (Å²) in [4.78, 5) is 44.8. The molecule has 0 bridgehead atoms. The number of imide groups is 1. The number of nitrogens with zero attached hydrogens (tertiary/aromatic N) is 3. The fourth-order valence-corrected chi connectivity index (χ4v) is 4.76. The molecule has 0 N–H and O–H groups in total. The lowest BCUT2D eigenvalue weighted by atomic mass is 9.90. The molecule has 172 valence electrons. The molecule has 3 unspecified atom stereocenters. The van der Waals surface area contributed by atoms with Crippen LogP contribution in [0.5, 0.6) is 0 Å². The number of hydrogen-bond donors (Lipinski definition) is 0. The summed E-state index contributed by atoms with van der Waals surface area (Å²) >= 11 is 3.37. The summed E-state index contributed by atoms with van der Waals surface area (Å²) in [5, 5.41) is 12.6. The van der Waals surface area contributed by atoms with E-state index in [0.717, 1.165) is 22.0 Å². The van der Waals surface area contributed by atoms with E-state index in [9.17, 15) is 19.7 Å². The van der Waals surface area contributed by atoms with Crippen LogP contribution in [0.2, 0.25) is 0 Å². The zero-order valence-corrected chi connectivity index (χ0v) is 19.7. The SMILES string of the molecule is CCc1ccc(C2C3C(=O)N(c4ccc(Br)cc4)C(=O)C3ON2c2ccc([N+](=O)[O-])cc2)cc1. The molecular weight excluding hydrogens is 502 g/mol. The van der Waals surface area contributed by atoms with Crippen molar-refractivity contribution in [1.29, 1.82) is 0 Å². The van der Waals surface area contributed by atoms with Crippen molar-refractivity contribution in [1.82, 2.24) is 0 Å². The summed E-state index contributed by atoms with van der Waals surface area (Å²) in [6.45, 7) is 2.06. The summed E-state index contributed by atoms with van der Waals surface area (Å²) in [7, 11) is 0. The van der Waals surface area contributed by atoms with Crippen LogP contribution >= 0.6 is 15.9 Å². The maximum Gasteiger partial charge on any atom is 0.269 e. The number of anilines is 2. The predicted molar refractivity (Wildman–Crippen MR) is 129 cm³/mol. The van der Waals surface area contributed by atoms with Crippen molar-refractivity contribution >= 4 is 44.8 Å². The Labute approximate surface area is 204 Å². The number of hydroxylamine groups is 1. The number of carbonyl (C=O) groups excluding carboxylic acids is 2. The smallest absolute Gasteiger partial charge is 0.269 e. The highest BCUT2D eigenvalue weighted by molar-refractivity contribution is 9.10. The number of aryl methyl sites for hydroxylation is 1. The van der Waals surface area contributed by atoms with Crippen molar-refractivity contribution in [3.05, 3.63) is 98.5 Å². The van der Waals surface area contributed by atoms with Crippen LogP contribution in [0, 0.1) is 16.0 Å². The van der Waals surface area contributed by atoms with Gasteiger partial charge in [-0.25, -0.2) is 9.96 Å². The van der Waals surface area contributed by atoms with Gasteiger partial charge < -0.3 is 0 Å². The Morgan fingerprint density at radius 3 is 2.12 bits per heavy atom. The molecule has 0 radical (unpaired) electrons. The molecule has 3 aromatic rings. The topological polar surface area (TPSA) is 93.0 Å². The number of nitro benzene ring substituents is 1. The van der Waals surface area contributed by atoms with Crippen LogP contribution in [0.25, 0.3) is 0 Å². The molecule has 3 aromatic carbocycles. The van der Waals surface area contributed by atoms with Crippen molar-refractivity contribution in [3.63, 3.8) is 0 Å². The van der Waals surface area contributed by atoms with Gasteiger partial charge >= 0.3 is 0 Å². The number of halogens is 1. The number of rotatable bonds is 5. The van der Waals surface area contributed by atoms with Crippen molar-refractivity contribution in [2.45, 2.75) is 25.5 Å². The van der Waals surface area contributed by atoms with Gasteiger partial charge in [-0.05, 0) is 53.9 Å². The number of nitro groups is 1. The molecule has 0 saturated carbocycles. The number of carbonyl (C=O) groups is 2. The molecule has 2 heterocycles. The Kier molecular flexibility index (Phi) is 5.66. The summed E-state index contributed by atoms with van der Waals surface area (Å²) in [5.41, 5.74) is 2.92. The van der Waals surface area contributed by atoms with E-state index in [0.29, 0.717) is 11.4 Å². The third kappa shape index (κ3) is 3.66. The van der Waals surface area contributed by atoms with Crippen LogP contribution in [0.1, 0.15) is 24.1 Å². The summed E-state index contributed by atoms with van der Waals surface area (Å²) < 4.78 is 0.838. The molecule has 0 spiro atoms. The van der Waals surface area contributed by atoms with Crippen molar-refractivity contribution in [2.75, 3.05) is 9.96 Å². The molecule has 2 aliphatic rings. The van der Waals surface area contributed by atoms with Crippen LogP contribution in [-0.2, 0) is 20.8 Å². The minimum absolute atomic E-state index is 0.0550. The molecule has 9 heteroatoms. The second-order valence-corrected chi connectivity index (χ2v) is 9.10. The summed E-state index contributed by atoms with van der Waals surface area (Å²) in [5.74, 6) is -1.54. The molecule has 8 nitrogen and oxygen atoms in total. The average molecular weight is 522 g/mol. The Morgan fingerprint density at radius 2 is 1.53 bits per heavy atom. The summed E-state index contributed by atoms with van der Waals surface area (Å²) in [6, 6.07) is 20.1. The highest BCUT2D eigenvalue weighted by Gasteiger charge is 2.60. The Balaban J connectivity index is 1.56. The van der Waals surface area contributed by atoms with Gasteiger partial charge in [0.25, 0.3) is 11.6 Å². The number of fused-ring (bicyclic) bond motifs is 1. The lowest BCUT2D eigenvalue weighted by molar-refractivity contribution is -0.384. The molecule has 0 aliphatic carbocycles. The van der Waals surface area contributed by atoms with E-state index in [1.54, 1.807) is 36.4 Å². The predicted octanol–water partition coefficient (Wildman–Crippen LogP) is 4.97. The molecule has 2 fully saturated rings. The van der Waals surface area contributed by atoms with Gasteiger partial charge in [-0.1, -0.05) is 47.1 Å². The second kappa shape index (κ2) is 8.66. The van der Waals surface area contributed by atoms with E-state index in [-0.39, 0.29) is 11.6 Å². The maximum atomic E-state index is 13.6. The molecule has 3 atom stereocenters. The van der Waals surface area contributed by atoms with Gasteiger partial charge in [0.1, 0.15) is 5.92 Å². The highest BCUT2D eigenvalue weighted by Crippen LogP contribution is 2.47. The van der Waals surface area contributed by atoms with Gasteiger partial charge in [0.15, 0.2) is 6.10 Å². The van der Waals surface area contributed by atoms with Gasteiger partial charge in [-0.2, -0.15) is 0 Å². The normalized spacial score (nSPS) is 21.8. The van der Waals surface area contributed by atoms with Gasteiger partial charge in [0.2, 0.25) is 5.91 Å². The van der Waals surface area contributed by atoms with Gasteiger partial charge in [-0.3, -0.25) is 24.5 Å². The number of hydrogen-bond acceptors (Lipinski definition) is 6. The molecule has 2 amide bonds. The Bertz CT molecular complexity index is 1260. The van der Waals surface area contributed by atoms with Crippen LogP contribution < -0.4 is 9.96 Å². The minimum atomic E-state index is -0.998. The van der Waals surface area contributed by atoms with Crippen LogP contribution in [0.4, 0.5) is 17.1 Å². The first-order valence-corrected chi connectivity index (χ1v) is 11.6. The third-order valence-corrected chi connectivity index (χ3v) is 6.77. The first-order chi connectivity index (χ1) is 16.4. The lowest BCUT2D eigenvalue weighted by Gasteiger charge is -2.28. The second-order valence-electron chi connectivity index (χ2n) is 8.18.